The van der Waals surface area contributed by atoms with Gasteiger partial charge >= 0.3 is 0 Å². The topological polar surface area (TPSA) is 98.8 Å². The summed E-state index contributed by atoms with van der Waals surface area (Å²) in [6, 6.07) is 3.30. The van der Waals surface area contributed by atoms with Gasteiger partial charge in [0.15, 0.2) is 5.82 Å². The first-order valence-corrected chi connectivity index (χ1v) is 4.49. The maximum atomic E-state index is 5.26. The molecule has 0 spiro atoms. The highest BCUT2D eigenvalue weighted by molar-refractivity contribution is 5.52. The summed E-state index contributed by atoms with van der Waals surface area (Å²) in [7, 11) is 1.53. The van der Waals surface area contributed by atoms with Crippen molar-refractivity contribution in [2.75, 3.05) is 12.5 Å². The van der Waals surface area contributed by atoms with Crippen LogP contribution in [0.1, 0.15) is 0 Å². The van der Waals surface area contributed by atoms with Gasteiger partial charge in [0, 0.05) is 18.3 Å². The van der Waals surface area contributed by atoms with E-state index in [1.807, 2.05) is 0 Å². The van der Waals surface area contributed by atoms with E-state index in [1.54, 1.807) is 18.3 Å². The number of anilines is 1. The third kappa shape index (κ3) is 2.04. The second-order valence-electron chi connectivity index (χ2n) is 2.86. The van der Waals surface area contributed by atoms with Gasteiger partial charge in [0.2, 0.25) is 5.88 Å². The minimum atomic E-state index is 0.455. The molecule has 0 fully saturated rings. The van der Waals surface area contributed by atoms with E-state index in [-0.39, 0.29) is 0 Å². The molecule has 0 saturated carbocycles. The van der Waals surface area contributed by atoms with Crippen LogP contribution in [0.5, 0.6) is 5.88 Å². The van der Waals surface area contributed by atoms with Crippen molar-refractivity contribution in [2.45, 2.75) is 0 Å². The van der Waals surface area contributed by atoms with Crippen molar-refractivity contribution in [2.24, 2.45) is 5.84 Å². The molecule has 0 amide bonds. The monoisotopic (exact) mass is 218 g/mol. The maximum absolute atomic E-state index is 5.26. The largest absolute Gasteiger partial charge is 0.481 e. The molecule has 0 aromatic carbocycles. The summed E-state index contributed by atoms with van der Waals surface area (Å²) in [5, 5.41) is 0. The van der Waals surface area contributed by atoms with Crippen molar-refractivity contribution in [1.82, 2.24) is 19.9 Å². The van der Waals surface area contributed by atoms with Crippen LogP contribution >= 0.6 is 0 Å². The van der Waals surface area contributed by atoms with Crippen LogP contribution in [-0.4, -0.2) is 27.0 Å². The Kier molecular flexibility index (Phi) is 2.88. The predicted octanol–water partition coefficient (Wildman–Crippen LogP) is 0.228. The van der Waals surface area contributed by atoms with Crippen LogP contribution in [0.4, 0.5) is 5.82 Å². The first-order valence-electron chi connectivity index (χ1n) is 4.49. The molecule has 2 rings (SSSR count). The van der Waals surface area contributed by atoms with Crippen molar-refractivity contribution in [3.05, 3.63) is 24.7 Å². The minimum Gasteiger partial charge on any atom is -0.481 e. The van der Waals surface area contributed by atoms with Gasteiger partial charge in [0.1, 0.15) is 17.8 Å². The molecule has 0 atom stereocenters. The van der Waals surface area contributed by atoms with Crippen molar-refractivity contribution in [3.63, 3.8) is 0 Å². The third-order valence-electron chi connectivity index (χ3n) is 1.88. The van der Waals surface area contributed by atoms with Crippen LogP contribution in [0.15, 0.2) is 24.7 Å². The van der Waals surface area contributed by atoms with Crippen LogP contribution < -0.4 is 16.0 Å². The Morgan fingerprint density at radius 3 is 2.94 bits per heavy atom. The lowest BCUT2D eigenvalue weighted by Crippen LogP contribution is -2.09. The molecule has 0 unspecified atom stereocenters. The number of ether oxygens (including phenoxy) is 1. The number of hydrogen-bond acceptors (Lipinski definition) is 7. The number of aromatic nitrogens is 4. The molecule has 2 aromatic heterocycles. The highest BCUT2D eigenvalue weighted by Gasteiger charge is 2.05. The highest BCUT2D eigenvalue weighted by atomic mass is 16.5. The summed E-state index contributed by atoms with van der Waals surface area (Å²) in [6.45, 7) is 0. The van der Waals surface area contributed by atoms with Gasteiger partial charge < -0.3 is 10.2 Å². The SMILES string of the molecule is COc1cc(-c2nccc(NN)n2)ncn1. The van der Waals surface area contributed by atoms with Crippen LogP contribution in [0.25, 0.3) is 11.5 Å². The van der Waals surface area contributed by atoms with Gasteiger partial charge in [-0.1, -0.05) is 0 Å². The van der Waals surface area contributed by atoms with E-state index < -0.39 is 0 Å². The number of nitrogen functional groups attached to an aromatic ring is 1. The minimum absolute atomic E-state index is 0.455. The second-order valence-corrected chi connectivity index (χ2v) is 2.86. The fraction of sp³-hybridized carbons (Fsp3) is 0.111. The number of rotatable bonds is 3. The van der Waals surface area contributed by atoms with E-state index in [4.69, 9.17) is 10.6 Å². The van der Waals surface area contributed by atoms with Crippen LogP contribution in [-0.2, 0) is 0 Å². The van der Waals surface area contributed by atoms with E-state index in [9.17, 15) is 0 Å². The molecule has 0 aliphatic carbocycles. The summed E-state index contributed by atoms with van der Waals surface area (Å²) in [5.41, 5.74) is 3.01. The van der Waals surface area contributed by atoms with E-state index in [0.29, 0.717) is 23.2 Å². The van der Waals surface area contributed by atoms with E-state index in [1.165, 1.54) is 13.4 Å². The van der Waals surface area contributed by atoms with Crippen molar-refractivity contribution in [3.8, 4) is 17.4 Å². The average molecular weight is 218 g/mol. The molecular formula is C9H10N6O. The molecule has 2 aromatic rings. The second kappa shape index (κ2) is 4.49. The zero-order chi connectivity index (χ0) is 11.4. The molecule has 0 aliphatic heterocycles. The molecule has 0 bridgehead atoms. The first-order chi connectivity index (χ1) is 7.83. The zero-order valence-electron chi connectivity index (χ0n) is 8.58. The number of nitrogens with two attached hydrogens (primary N) is 1. The van der Waals surface area contributed by atoms with Gasteiger partial charge in [0.25, 0.3) is 0 Å². The maximum Gasteiger partial charge on any atom is 0.216 e. The van der Waals surface area contributed by atoms with Gasteiger partial charge in [-0.25, -0.2) is 25.8 Å². The third-order valence-corrected chi connectivity index (χ3v) is 1.88. The quantitative estimate of drug-likeness (QED) is 0.561. The van der Waals surface area contributed by atoms with Gasteiger partial charge in [0.05, 0.1) is 7.11 Å². The van der Waals surface area contributed by atoms with Crippen LogP contribution in [0, 0.1) is 0 Å². The molecule has 2 heterocycles. The molecule has 7 heteroatoms. The Hall–Kier alpha value is -2.28. The summed E-state index contributed by atoms with van der Waals surface area (Å²) < 4.78 is 4.99. The number of hydrazine groups is 1. The average Bonchev–Trinajstić information content (AvgIpc) is 2.39. The summed E-state index contributed by atoms with van der Waals surface area (Å²) in [6.07, 6.45) is 2.98. The van der Waals surface area contributed by atoms with Gasteiger partial charge in [-0.3, -0.25) is 0 Å². The van der Waals surface area contributed by atoms with Crippen LogP contribution in [0.3, 0.4) is 0 Å². The highest BCUT2D eigenvalue weighted by Crippen LogP contribution is 2.16. The lowest BCUT2D eigenvalue weighted by Gasteiger charge is -2.03. The number of methoxy groups -OCH3 is 1. The zero-order valence-corrected chi connectivity index (χ0v) is 8.58. The molecule has 3 N–H and O–H groups in total. The molecule has 7 nitrogen and oxygen atoms in total. The Balaban J connectivity index is 2.41. The van der Waals surface area contributed by atoms with Gasteiger partial charge in [-0.15, -0.1) is 0 Å². The normalized spacial score (nSPS) is 9.88. The van der Waals surface area contributed by atoms with E-state index in [0.717, 1.165) is 0 Å². The Morgan fingerprint density at radius 2 is 2.19 bits per heavy atom. The van der Waals surface area contributed by atoms with Gasteiger partial charge in [-0.05, 0) is 0 Å². The molecule has 0 radical (unpaired) electrons. The summed E-state index contributed by atoms with van der Waals surface area (Å²) in [4.78, 5) is 16.2. The lowest BCUT2D eigenvalue weighted by atomic mass is 10.3. The Labute approximate surface area is 91.7 Å². The van der Waals surface area contributed by atoms with Crippen molar-refractivity contribution >= 4 is 5.82 Å². The van der Waals surface area contributed by atoms with Crippen LogP contribution in [0.2, 0.25) is 0 Å². The standard InChI is InChI=1S/C9H10N6O/c1-16-8-4-6(12-5-13-8)9-11-3-2-7(14-9)15-10/h2-5H,10H2,1H3,(H,11,14,15). The van der Waals surface area contributed by atoms with E-state index >= 15 is 0 Å². The number of hydrogen-bond donors (Lipinski definition) is 2. The predicted molar refractivity (Wildman–Crippen MR) is 57.4 cm³/mol. The van der Waals surface area contributed by atoms with Crippen molar-refractivity contribution in [1.29, 1.82) is 0 Å². The first kappa shape index (κ1) is 10.2. The fourth-order valence-electron chi connectivity index (χ4n) is 1.14. The Morgan fingerprint density at radius 1 is 1.31 bits per heavy atom. The molecule has 82 valence electrons. The Bertz CT molecular complexity index is 443. The molecule has 16 heavy (non-hydrogen) atoms. The van der Waals surface area contributed by atoms with E-state index in [2.05, 4.69) is 25.4 Å². The molecular weight excluding hydrogens is 208 g/mol. The molecule has 0 saturated heterocycles. The van der Waals surface area contributed by atoms with Gasteiger partial charge in [-0.2, -0.15) is 0 Å². The number of nitrogens with zero attached hydrogens (tertiary/aromatic N) is 4. The molecule has 0 aliphatic rings. The lowest BCUT2D eigenvalue weighted by molar-refractivity contribution is 0.397. The summed E-state index contributed by atoms with van der Waals surface area (Å²) in [5.74, 6) is 6.68. The fourth-order valence-corrected chi connectivity index (χ4v) is 1.14. The summed E-state index contributed by atoms with van der Waals surface area (Å²) >= 11 is 0. The smallest absolute Gasteiger partial charge is 0.216 e. The number of nitrogens with one attached hydrogen (secondary N) is 1. The van der Waals surface area contributed by atoms with Crippen molar-refractivity contribution < 1.29 is 4.74 Å².